The molecule has 1 amide bonds. The molecule has 2 aromatic rings. The molecule has 0 spiro atoms. The highest BCUT2D eigenvalue weighted by Crippen LogP contribution is 2.33. The molecule has 3 atom stereocenters. The fourth-order valence-corrected chi connectivity index (χ4v) is 4.50. The lowest BCUT2D eigenvalue weighted by atomic mass is 9.97. The van der Waals surface area contributed by atoms with Crippen LogP contribution in [0.5, 0.6) is 0 Å². The van der Waals surface area contributed by atoms with Crippen molar-refractivity contribution in [3.8, 4) is 0 Å². The minimum absolute atomic E-state index is 0.146. The number of ether oxygens (including phenoxy) is 1. The van der Waals surface area contributed by atoms with Crippen LogP contribution in [0.1, 0.15) is 36.2 Å². The van der Waals surface area contributed by atoms with Crippen LogP contribution in [0.4, 0.5) is 17.2 Å². The normalized spacial score (nSPS) is 22.1. The predicted octanol–water partition coefficient (Wildman–Crippen LogP) is 2.53. The number of primary amides is 1. The molecular formula is C25H32N6O3. The minimum Gasteiger partial charge on any atom is -0.375 e. The molecule has 34 heavy (non-hydrogen) atoms. The molecule has 2 aliphatic heterocycles. The fourth-order valence-electron chi connectivity index (χ4n) is 4.50. The average molecular weight is 465 g/mol. The van der Waals surface area contributed by atoms with Gasteiger partial charge in [0.15, 0.2) is 0 Å². The van der Waals surface area contributed by atoms with Crippen molar-refractivity contribution in [2.24, 2.45) is 5.73 Å². The standard InChI is InChI=1S/C25H32N6O3/c1-4-23(32)30-9-7-18(8-10-30)20-12-27-13-21(25(26)33)24(20)29-19-5-6-22(28-11-19)31-14-16(2)34-17(3)15-31/h4-7,11-13,16-17,23,32H,1,8-10,14-15H2,2-3H3,(H2,26,33)(H,27,29)/t16-,17+,23?. The van der Waals surface area contributed by atoms with Crippen LogP contribution in [0.25, 0.3) is 5.57 Å². The van der Waals surface area contributed by atoms with Gasteiger partial charge >= 0.3 is 0 Å². The number of rotatable bonds is 7. The van der Waals surface area contributed by atoms with E-state index in [9.17, 15) is 9.90 Å². The van der Waals surface area contributed by atoms with E-state index < -0.39 is 12.1 Å². The molecule has 4 heterocycles. The lowest BCUT2D eigenvalue weighted by Crippen LogP contribution is -2.45. The predicted molar refractivity (Wildman–Crippen MR) is 133 cm³/mol. The second kappa shape index (κ2) is 10.3. The summed E-state index contributed by atoms with van der Waals surface area (Å²) >= 11 is 0. The summed E-state index contributed by atoms with van der Waals surface area (Å²) in [6.07, 6.45) is 8.80. The molecule has 2 aromatic heterocycles. The van der Waals surface area contributed by atoms with Crippen molar-refractivity contribution in [3.63, 3.8) is 0 Å². The van der Waals surface area contributed by atoms with E-state index in [0.29, 0.717) is 30.8 Å². The first-order valence-electron chi connectivity index (χ1n) is 11.5. The molecule has 4 rings (SSSR count). The average Bonchev–Trinajstić information content (AvgIpc) is 2.83. The zero-order valence-corrected chi connectivity index (χ0v) is 19.6. The topological polar surface area (TPSA) is 117 Å². The summed E-state index contributed by atoms with van der Waals surface area (Å²) in [4.78, 5) is 25.2. The molecule has 0 radical (unpaired) electrons. The highest BCUT2D eigenvalue weighted by atomic mass is 16.5. The Morgan fingerprint density at radius 1 is 1.29 bits per heavy atom. The Bertz CT molecular complexity index is 1060. The summed E-state index contributed by atoms with van der Waals surface area (Å²) in [5.74, 6) is 0.325. The molecule has 0 bridgehead atoms. The lowest BCUT2D eigenvalue weighted by molar-refractivity contribution is -0.00545. The van der Waals surface area contributed by atoms with E-state index in [0.717, 1.165) is 35.7 Å². The van der Waals surface area contributed by atoms with E-state index in [1.807, 2.05) is 23.1 Å². The van der Waals surface area contributed by atoms with Gasteiger partial charge in [0.2, 0.25) is 0 Å². The molecule has 9 heteroatoms. The number of anilines is 3. The van der Waals surface area contributed by atoms with Crippen LogP contribution >= 0.6 is 0 Å². The number of hydrogen-bond acceptors (Lipinski definition) is 8. The number of carbonyl (C=O) groups excluding carboxylic acids is 1. The van der Waals surface area contributed by atoms with Crippen LogP contribution in [0.15, 0.2) is 49.5 Å². The van der Waals surface area contributed by atoms with E-state index in [2.05, 4.69) is 40.6 Å². The first-order valence-corrected chi connectivity index (χ1v) is 11.5. The SMILES string of the molecule is C=CC(O)N1CC=C(c2cncc(C(N)=O)c2Nc2ccc(N3C[C@@H](C)O[C@@H](C)C3)nc2)CC1. The number of morpholine rings is 1. The molecular weight excluding hydrogens is 432 g/mol. The van der Waals surface area contributed by atoms with Gasteiger partial charge in [0, 0.05) is 44.1 Å². The molecule has 9 nitrogen and oxygen atoms in total. The zero-order valence-electron chi connectivity index (χ0n) is 19.6. The quantitative estimate of drug-likeness (QED) is 0.535. The van der Waals surface area contributed by atoms with Crippen molar-refractivity contribution < 1.29 is 14.6 Å². The van der Waals surface area contributed by atoms with Gasteiger partial charge in [0.05, 0.1) is 35.3 Å². The summed E-state index contributed by atoms with van der Waals surface area (Å²) in [5, 5.41) is 13.4. The van der Waals surface area contributed by atoms with Crippen LogP contribution in [-0.2, 0) is 4.74 Å². The molecule has 1 unspecified atom stereocenters. The molecule has 180 valence electrons. The minimum atomic E-state index is -0.687. The second-order valence-electron chi connectivity index (χ2n) is 8.79. The third kappa shape index (κ3) is 5.27. The monoisotopic (exact) mass is 464 g/mol. The van der Waals surface area contributed by atoms with Crippen molar-refractivity contribution >= 4 is 28.7 Å². The van der Waals surface area contributed by atoms with Gasteiger partial charge in [0.1, 0.15) is 12.0 Å². The van der Waals surface area contributed by atoms with Gasteiger partial charge in [-0.3, -0.25) is 14.7 Å². The Morgan fingerprint density at radius 2 is 2.06 bits per heavy atom. The number of nitrogens with one attached hydrogen (secondary N) is 1. The highest BCUT2D eigenvalue weighted by Gasteiger charge is 2.24. The van der Waals surface area contributed by atoms with Crippen molar-refractivity contribution in [2.75, 3.05) is 36.4 Å². The van der Waals surface area contributed by atoms with Gasteiger partial charge in [-0.1, -0.05) is 12.7 Å². The lowest BCUT2D eigenvalue weighted by Gasteiger charge is -2.36. The molecule has 1 saturated heterocycles. The number of aliphatic hydroxyl groups excluding tert-OH is 1. The van der Waals surface area contributed by atoms with Gasteiger partial charge in [-0.25, -0.2) is 4.98 Å². The fraction of sp³-hybridized carbons (Fsp3) is 0.400. The van der Waals surface area contributed by atoms with Crippen molar-refractivity contribution in [2.45, 2.75) is 38.7 Å². The van der Waals surface area contributed by atoms with Crippen LogP contribution in [-0.4, -0.2) is 70.5 Å². The summed E-state index contributed by atoms with van der Waals surface area (Å²) in [6.45, 7) is 10.6. The third-order valence-electron chi connectivity index (χ3n) is 6.14. The van der Waals surface area contributed by atoms with Gasteiger partial charge in [-0.05, 0) is 44.1 Å². The molecule has 0 aliphatic carbocycles. The summed E-state index contributed by atoms with van der Waals surface area (Å²) in [6, 6.07) is 3.91. The first-order chi connectivity index (χ1) is 16.4. The Labute approximate surface area is 199 Å². The van der Waals surface area contributed by atoms with Crippen molar-refractivity contribution in [1.82, 2.24) is 14.9 Å². The number of nitrogens with two attached hydrogens (primary N) is 1. The van der Waals surface area contributed by atoms with E-state index >= 15 is 0 Å². The summed E-state index contributed by atoms with van der Waals surface area (Å²) in [5.41, 5.74) is 9.17. The highest BCUT2D eigenvalue weighted by molar-refractivity contribution is 6.01. The first kappa shape index (κ1) is 23.9. The number of nitrogens with zero attached hydrogens (tertiary/aromatic N) is 4. The number of amides is 1. The number of aromatic nitrogens is 2. The van der Waals surface area contributed by atoms with Gasteiger partial charge < -0.3 is 25.8 Å². The van der Waals surface area contributed by atoms with Gasteiger partial charge in [0.25, 0.3) is 5.91 Å². The van der Waals surface area contributed by atoms with Crippen molar-refractivity contribution in [3.05, 3.63) is 60.6 Å². The Balaban J connectivity index is 1.58. The maximum Gasteiger partial charge on any atom is 0.252 e. The van der Waals surface area contributed by atoms with E-state index in [-0.39, 0.29) is 12.2 Å². The van der Waals surface area contributed by atoms with Gasteiger partial charge in [-0.15, -0.1) is 0 Å². The number of aliphatic hydroxyl groups is 1. The summed E-state index contributed by atoms with van der Waals surface area (Å²) in [7, 11) is 0. The largest absolute Gasteiger partial charge is 0.375 e. The zero-order chi connectivity index (χ0) is 24.2. The Morgan fingerprint density at radius 3 is 2.65 bits per heavy atom. The number of hydrogen-bond donors (Lipinski definition) is 3. The van der Waals surface area contributed by atoms with Crippen LogP contribution in [0.3, 0.4) is 0 Å². The van der Waals surface area contributed by atoms with E-state index in [4.69, 9.17) is 10.5 Å². The van der Waals surface area contributed by atoms with E-state index in [1.54, 1.807) is 12.4 Å². The van der Waals surface area contributed by atoms with Crippen LogP contribution in [0, 0.1) is 0 Å². The summed E-state index contributed by atoms with van der Waals surface area (Å²) < 4.78 is 5.81. The Kier molecular flexibility index (Phi) is 7.26. The number of pyridine rings is 2. The van der Waals surface area contributed by atoms with E-state index in [1.165, 1.54) is 12.3 Å². The van der Waals surface area contributed by atoms with Gasteiger partial charge in [-0.2, -0.15) is 0 Å². The smallest absolute Gasteiger partial charge is 0.252 e. The van der Waals surface area contributed by atoms with Crippen LogP contribution in [0.2, 0.25) is 0 Å². The maximum absolute atomic E-state index is 12.2. The third-order valence-corrected chi connectivity index (χ3v) is 6.14. The van der Waals surface area contributed by atoms with Crippen molar-refractivity contribution in [1.29, 1.82) is 0 Å². The second-order valence-corrected chi connectivity index (χ2v) is 8.79. The molecule has 2 aliphatic rings. The molecule has 4 N–H and O–H groups in total. The Hall–Kier alpha value is -3.27. The maximum atomic E-state index is 12.2. The number of carbonyl (C=O) groups is 1. The molecule has 0 aromatic carbocycles. The molecule has 0 saturated carbocycles. The van der Waals surface area contributed by atoms with Crippen LogP contribution < -0.4 is 16.0 Å². The molecule has 1 fully saturated rings.